The van der Waals surface area contributed by atoms with Crippen LogP contribution in [0.2, 0.25) is 0 Å². The zero-order valence-electron chi connectivity index (χ0n) is 11.3. The standard InChI is InChI=1S/C15H19N3O/c1-10-8-18(9-11(2)16-10)13-5-3-12-4-6-15(19)17-14(12)7-13/h3-7,10-11,16H,8-9H2,1-2H3,(H,17,19). The van der Waals surface area contributed by atoms with E-state index in [-0.39, 0.29) is 5.56 Å². The maximum Gasteiger partial charge on any atom is 0.248 e. The third-order valence-electron chi connectivity index (χ3n) is 3.63. The summed E-state index contributed by atoms with van der Waals surface area (Å²) in [4.78, 5) is 16.7. The molecule has 2 heterocycles. The lowest BCUT2D eigenvalue weighted by Gasteiger charge is -2.37. The Kier molecular flexibility index (Phi) is 3.03. The summed E-state index contributed by atoms with van der Waals surface area (Å²) in [5, 5.41) is 4.59. The molecule has 0 saturated carbocycles. The quantitative estimate of drug-likeness (QED) is 0.817. The first kappa shape index (κ1) is 12.2. The van der Waals surface area contributed by atoms with Gasteiger partial charge in [0.25, 0.3) is 0 Å². The van der Waals surface area contributed by atoms with Crippen molar-refractivity contribution in [3.63, 3.8) is 0 Å². The number of piperazine rings is 1. The van der Waals surface area contributed by atoms with Gasteiger partial charge < -0.3 is 15.2 Å². The molecule has 2 unspecified atom stereocenters. The number of hydrogen-bond donors (Lipinski definition) is 2. The molecule has 1 aromatic carbocycles. The molecule has 1 saturated heterocycles. The van der Waals surface area contributed by atoms with Gasteiger partial charge >= 0.3 is 0 Å². The number of rotatable bonds is 1. The van der Waals surface area contributed by atoms with E-state index in [4.69, 9.17) is 0 Å². The summed E-state index contributed by atoms with van der Waals surface area (Å²) in [7, 11) is 0. The Hall–Kier alpha value is -1.81. The number of anilines is 1. The van der Waals surface area contributed by atoms with E-state index in [0.717, 1.165) is 24.0 Å². The van der Waals surface area contributed by atoms with E-state index in [2.05, 4.69) is 47.2 Å². The molecule has 0 aliphatic carbocycles. The predicted octanol–water partition coefficient (Wildman–Crippen LogP) is 1.71. The van der Waals surface area contributed by atoms with Gasteiger partial charge in [-0.05, 0) is 37.4 Å². The minimum atomic E-state index is -0.0494. The molecule has 2 N–H and O–H groups in total. The first-order chi connectivity index (χ1) is 9.11. The van der Waals surface area contributed by atoms with Crippen molar-refractivity contribution in [3.8, 4) is 0 Å². The van der Waals surface area contributed by atoms with Crippen LogP contribution >= 0.6 is 0 Å². The van der Waals surface area contributed by atoms with Crippen molar-refractivity contribution in [2.75, 3.05) is 18.0 Å². The number of aromatic amines is 1. The van der Waals surface area contributed by atoms with Crippen molar-refractivity contribution in [1.29, 1.82) is 0 Å². The van der Waals surface area contributed by atoms with Crippen LogP contribution in [-0.2, 0) is 0 Å². The zero-order valence-corrected chi connectivity index (χ0v) is 11.3. The van der Waals surface area contributed by atoms with Gasteiger partial charge in [-0.3, -0.25) is 4.79 Å². The van der Waals surface area contributed by atoms with Gasteiger partial charge in [0.15, 0.2) is 0 Å². The molecule has 1 fully saturated rings. The van der Waals surface area contributed by atoms with Crippen LogP contribution in [-0.4, -0.2) is 30.2 Å². The van der Waals surface area contributed by atoms with Gasteiger partial charge in [-0.2, -0.15) is 0 Å². The van der Waals surface area contributed by atoms with Crippen LogP contribution in [0, 0.1) is 0 Å². The Labute approximate surface area is 112 Å². The molecule has 0 amide bonds. The van der Waals surface area contributed by atoms with E-state index >= 15 is 0 Å². The lowest BCUT2D eigenvalue weighted by Crippen LogP contribution is -2.54. The molecule has 3 rings (SSSR count). The monoisotopic (exact) mass is 257 g/mol. The molecule has 2 atom stereocenters. The zero-order chi connectivity index (χ0) is 13.4. The second-order valence-electron chi connectivity index (χ2n) is 5.47. The number of nitrogens with one attached hydrogen (secondary N) is 2. The van der Waals surface area contributed by atoms with Crippen LogP contribution in [0.4, 0.5) is 5.69 Å². The molecular formula is C15H19N3O. The lowest BCUT2D eigenvalue weighted by atomic mass is 10.1. The first-order valence-electron chi connectivity index (χ1n) is 6.76. The highest BCUT2D eigenvalue weighted by Crippen LogP contribution is 2.22. The molecule has 19 heavy (non-hydrogen) atoms. The van der Waals surface area contributed by atoms with Gasteiger partial charge in [0, 0.05) is 36.9 Å². The summed E-state index contributed by atoms with van der Waals surface area (Å²) in [6.45, 7) is 6.39. The summed E-state index contributed by atoms with van der Waals surface area (Å²) in [5.41, 5.74) is 2.03. The van der Waals surface area contributed by atoms with E-state index < -0.39 is 0 Å². The SMILES string of the molecule is CC1CN(c2ccc3ccc(=O)[nH]c3c2)CC(C)N1. The number of nitrogens with zero attached hydrogens (tertiary/aromatic N) is 1. The van der Waals surface area contributed by atoms with Crippen molar-refractivity contribution in [1.82, 2.24) is 10.3 Å². The second kappa shape index (κ2) is 4.70. The number of aromatic nitrogens is 1. The number of fused-ring (bicyclic) bond motifs is 1. The predicted molar refractivity (Wildman–Crippen MR) is 78.8 cm³/mol. The molecule has 0 bridgehead atoms. The minimum Gasteiger partial charge on any atom is -0.368 e. The highest BCUT2D eigenvalue weighted by Gasteiger charge is 2.21. The maximum atomic E-state index is 11.4. The van der Waals surface area contributed by atoms with Crippen LogP contribution in [0.5, 0.6) is 0 Å². The van der Waals surface area contributed by atoms with Gasteiger partial charge in [0.1, 0.15) is 0 Å². The Bertz CT molecular complexity index is 639. The van der Waals surface area contributed by atoms with Crippen molar-refractivity contribution in [2.45, 2.75) is 25.9 Å². The van der Waals surface area contributed by atoms with Crippen LogP contribution in [0.15, 0.2) is 35.1 Å². The first-order valence-corrected chi connectivity index (χ1v) is 6.76. The van der Waals surface area contributed by atoms with Gasteiger partial charge in [-0.15, -0.1) is 0 Å². The number of pyridine rings is 1. The highest BCUT2D eigenvalue weighted by atomic mass is 16.1. The van der Waals surface area contributed by atoms with Gasteiger partial charge in [-0.1, -0.05) is 6.07 Å². The molecule has 100 valence electrons. The fourth-order valence-electron chi connectivity index (χ4n) is 2.87. The lowest BCUT2D eigenvalue weighted by molar-refractivity contribution is 0.407. The average Bonchev–Trinajstić information content (AvgIpc) is 2.36. The summed E-state index contributed by atoms with van der Waals surface area (Å²) >= 11 is 0. The van der Waals surface area contributed by atoms with E-state index in [1.54, 1.807) is 6.07 Å². The van der Waals surface area contributed by atoms with Crippen molar-refractivity contribution >= 4 is 16.6 Å². The summed E-state index contributed by atoms with van der Waals surface area (Å²) < 4.78 is 0. The fourth-order valence-corrected chi connectivity index (χ4v) is 2.87. The Morgan fingerprint density at radius 2 is 1.79 bits per heavy atom. The number of benzene rings is 1. The number of hydrogen-bond acceptors (Lipinski definition) is 3. The van der Waals surface area contributed by atoms with Crippen molar-refractivity contribution in [2.24, 2.45) is 0 Å². The minimum absolute atomic E-state index is 0.0494. The van der Waals surface area contributed by atoms with Gasteiger partial charge in [-0.25, -0.2) is 0 Å². The molecule has 1 aliphatic rings. The highest BCUT2D eigenvalue weighted by molar-refractivity contribution is 5.82. The smallest absolute Gasteiger partial charge is 0.248 e. The van der Waals surface area contributed by atoms with E-state index in [1.807, 2.05) is 6.07 Å². The third kappa shape index (κ3) is 2.49. The molecule has 1 aromatic heterocycles. The van der Waals surface area contributed by atoms with E-state index in [1.165, 1.54) is 5.69 Å². The molecular weight excluding hydrogens is 238 g/mol. The molecule has 1 aliphatic heterocycles. The van der Waals surface area contributed by atoms with Crippen LogP contribution < -0.4 is 15.8 Å². The molecule has 2 aromatic rings. The normalized spacial score (nSPS) is 23.8. The topological polar surface area (TPSA) is 48.1 Å². The van der Waals surface area contributed by atoms with Gasteiger partial charge in [0.05, 0.1) is 5.52 Å². The largest absolute Gasteiger partial charge is 0.368 e. The maximum absolute atomic E-state index is 11.4. The van der Waals surface area contributed by atoms with E-state index in [0.29, 0.717) is 12.1 Å². The van der Waals surface area contributed by atoms with E-state index in [9.17, 15) is 4.79 Å². The molecule has 0 spiro atoms. The van der Waals surface area contributed by atoms with Crippen molar-refractivity contribution in [3.05, 3.63) is 40.7 Å². The van der Waals surface area contributed by atoms with Crippen LogP contribution in [0.1, 0.15) is 13.8 Å². The molecule has 0 radical (unpaired) electrons. The second-order valence-corrected chi connectivity index (χ2v) is 5.47. The third-order valence-corrected chi connectivity index (χ3v) is 3.63. The Balaban J connectivity index is 1.98. The van der Waals surface area contributed by atoms with Gasteiger partial charge in [0.2, 0.25) is 5.56 Å². The fraction of sp³-hybridized carbons (Fsp3) is 0.400. The van der Waals surface area contributed by atoms with Crippen LogP contribution in [0.3, 0.4) is 0 Å². The molecule has 4 nitrogen and oxygen atoms in total. The Morgan fingerprint density at radius 1 is 1.11 bits per heavy atom. The summed E-state index contributed by atoms with van der Waals surface area (Å²) in [6, 6.07) is 10.7. The number of H-pyrrole nitrogens is 1. The van der Waals surface area contributed by atoms with Crippen LogP contribution in [0.25, 0.3) is 10.9 Å². The Morgan fingerprint density at radius 3 is 2.53 bits per heavy atom. The summed E-state index contributed by atoms with van der Waals surface area (Å²) in [6.07, 6.45) is 0. The summed E-state index contributed by atoms with van der Waals surface area (Å²) in [5.74, 6) is 0. The molecule has 4 heteroatoms. The van der Waals surface area contributed by atoms with Crippen molar-refractivity contribution < 1.29 is 0 Å². The average molecular weight is 257 g/mol.